The highest BCUT2D eigenvalue weighted by molar-refractivity contribution is 4.87. The van der Waals surface area contributed by atoms with Gasteiger partial charge in [-0.25, -0.2) is 0 Å². The molecule has 1 aliphatic carbocycles. The van der Waals surface area contributed by atoms with Gasteiger partial charge in [-0.3, -0.25) is 0 Å². The van der Waals surface area contributed by atoms with Crippen molar-refractivity contribution in [1.82, 2.24) is 0 Å². The number of hydrogen-bond donors (Lipinski definition) is 1. The van der Waals surface area contributed by atoms with E-state index in [9.17, 15) is 0 Å². The summed E-state index contributed by atoms with van der Waals surface area (Å²) in [4.78, 5) is 0. The lowest BCUT2D eigenvalue weighted by molar-refractivity contribution is -0.00983. The Bertz CT molecular complexity index is 170. The van der Waals surface area contributed by atoms with Gasteiger partial charge in [-0.15, -0.1) is 0 Å². The Morgan fingerprint density at radius 1 is 1.36 bits per heavy atom. The molecule has 0 aromatic heterocycles. The third-order valence-electron chi connectivity index (χ3n) is 3.33. The van der Waals surface area contributed by atoms with Crippen LogP contribution in [0.15, 0.2) is 0 Å². The number of methoxy groups -OCH3 is 1. The SMILES string of the molecule is COC(C(N)CC1CCC1)C(C)(C)C. The van der Waals surface area contributed by atoms with Gasteiger partial charge in [0.05, 0.1) is 6.10 Å². The fraction of sp³-hybridized carbons (Fsp3) is 1.00. The smallest absolute Gasteiger partial charge is 0.0770 e. The zero-order valence-corrected chi connectivity index (χ0v) is 10.0. The Labute approximate surface area is 88.2 Å². The normalized spacial score (nSPS) is 22.9. The van der Waals surface area contributed by atoms with Gasteiger partial charge in [0.25, 0.3) is 0 Å². The van der Waals surface area contributed by atoms with Gasteiger partial charge in [0.2, 0.25) is 0 Å². The Kier molecular flexibility index (Phi) is 3.96. The minimum absolute atomic E-state index is 0.151. The molecule has 2 N–H and O–H groups in total. The molecular formula is C12H25NO. The monoisotopic (exact) mass is 199 g/mol. The molecule has 0 aromatic carbocycles. The maximum atomic E-state index is 6.20. The highest BCUT2D eigenvalue weighted by atomic mass is 16.5. The molecule has 0 aliphatic heterocycles. The van der Waals surface area contributed by atoms with Gasteiger partial charge < -0.3 is 10.5 Å². The molecule has 0 heterocycles. The van der Waals surface area contributed by atoms with Gasteiger partial charge >= 0.3 is 0 Å². The molecule has 2 nitrogen and oxygen atoms in total. The van der Waals surface area contributed by atoms with Crippen LogP contribution in [0.5, 0.6) is 0 Å². The summed E-state index contributed by atoms with van der Waals surface area (Å²) in [7, 11) is 1.77. The number of ether oxygens (including phenoxy) is 1. The fourth-order valence-corrected chi connectivity index (χ4v) is 2.41. The van der Waals surface area contributed by atoms with Crippen LogP contribution >= 0.6 is 0 Å². The van der Waals surface area contributed by atoms with Crippen molar-refractivity contribution in [1.29, 1.82) is 0 Å². The molecule has 0 spiro atoms. The van der Waals surface area contributed by atoms with Crippen molar-refractivity contribution in [3.8, 4) is 0 Å². The van der Waals surface area contributed by atoms with Crippen molar-refractivity contribution in [2.75, 3.05) is 7.11 Å². The van der Waals surface area contributed by atoms with E-state index in [1.165, 1.54) is 19.3 Å². The standard InChI is InChI=1S/C12H25NO/c1-12(2,3)11(14-4)10(13)8-9-6-5-7-9/h9-11H,5-8,13H2,1-4H3. The first-order valence-corrected chi connectivity index (χ1v) is 5.73. The zero-order chi connectivity index (χ0) is 10.8. The summed E-state index contributed by atoms with van der Waals surface area (Å²) in [6.45, 7) is 6.59. The predicted molar refractivity (Wildman–Crippen MR) is 60.2 cm³/mol. The molecule has 84 valence electrons. The number of nitrogens with two attached hydrogens (primary N) is 1. The summed E-state index contributed by atoms with van der Waals surface area (Å²) in [5, 5.41) is 0. The molecule has 0 amide bonds. The zero-order valence-electron chi connectivity index (χ0n) is 10.0. The molecule has 0 radical (unpaired) electrons. The van der Waals surface area contributed by atoms with Gasteiger partial charge in [-0.05, 0) is 17.8 Å². The minimum atomic E-state index is 0.151. The lowest BCUT2D eigenvalue weighted by Gasteiger charge is -2.37. The molecule has 1 rings (SSSR count). The second-order valence-corrected chi connectivity index (χ2v) is 5.72. The van der Waals surface area contributed by atoms with Crippen LogP contribution in [-0.4, -0.2) is 19.3 Å². The maximum absolute atomic E-state index is 6.20. The van der Waals surface area contributed by atoms with Gasteiger partial charge in [0, 0.05) is 13.2 Å². The van der Waals surface area contributed by atoms with Crippen LogP contribution in [0.25, 0.3) is 0 Å². The van der Waals surface area contributed by atoms with Crippen LogP contribution < -0.4 is 5.73 Å². The maximum Gasteiger partial charge on any atom is 0.0770 e. The molecule has 1 fully saturated rings. The van der Waals surface area contributed by atoms with E-state index in [2.05, 4.69) is 20.8 Å². The van der Waals surface area contributed by atoms with Gasteiger partial charge in [-0.1, -0.05) is 40.0 Å². The Balaban J connectivity index is 2.42. The molecule has 2 unspecified atom stereocenters. The van der Waals surface area contributed by atoms with E-state index in [-0.39, 0.29) is 17.6 Å². The molecule has 0 saturated heterocycles. The summed E-state index contributed by atoms with van der Waals surface area (Å²) >= 11 is 0. The lowest BCUT2D eigenvalue weighted by atomic mass is 9.76. The van der Waals surface area contributed by atoms with Gasteiger partial charge in [0.1, 0.15) is 0 Å². The van der Waals surface area contributed by atoms with Crippen LogP contribution in [0, 0.1) is 11.3 Å². The highest BCUT2D eigenvalue weighted by Crippen LogP contribution is 2.33. The first-order valence-electron chi connectivity index (χ1n) is 5.73. The molecule has 2 heteroatoms. The topological polar surface area (TPSA) is 35.2 Å². The van der Waals surface area contributed by atoms with E-state index in [1.54, 1.807) is 7.11 Å². The van der Waals surface area contributed by atoms with Crippen molar-refractivity contribution in [3.63, 3.8) is 0 Å². The van der Waals surface area contributed by atoms with Crippen molar-refractivity contribution < 1.29 is 4.74 Å². The Morgan fingerprint density at radius 2 is 1.93 bits per heavy atom. The average molecular weight is 199 g/mol. The fourth-order valence-electron chi connectivity index (χ4n) is 2.41. The first-order chi connectivity index (χ1) is 6.45. The van der Waals surface area contributed by atoms with Gasteiger partial charge in [0.15, 0.2) is 0 Å². The molecule has 0 bridgehead atoms. The molecule has 1 aliphatic rings. The molecule has 0 aromatic rings. The van der Waals surface area contributed by atoms with E-state index in [0.717, 1.165) is 12.3 Å². The lowest BCUT2D eigenvalue weighted by Crippen LogP contribution is -2.46. The van der Waals surface area contributed by atoms with Crippen LogP contribution in [0.3, 0.4) is 0 Å². The quantitative estimate of drug-likeness (QED) is 0.755. The molecule has 1 saturated carbocycles. The number of hydrogen-bond acceptors (Lipinski definition) is 2. The summed E-state index contributed by atoms with van der Waals surface area (Å²) in [5.74, 6) is 0.866. The summed E-state index contributed by atoms with van der Waals surface area (Å²) in [5.41, 5.74) is 6.35. The highest BCUT2D eigenvalue weighted by Gasteiger charge is 2.32. The Hall–Kier alpha value is -0.0800. The van der Waals surface area contributed by atoms with E-state index < -0.39 is 0 Å². The third-order valence-corrected chi connectivity index (χ3v) is 3.33. The summed E-state index contributed by atoms with van der Waals surface area (Å²) in [6, 6.07) is 0.199. The van der Waals surface area contributed by atoms with E-state index >= 15 is 0 Å². The van der Waals surface area contributed by atoms with Crippen LogP contribution in [0.2, 0.25) is 0 Å². The molecular weight excluding hydrogens is 174 g/mol. The van der Waals surface area contributed by atoms with Crippen molar-refractivity contribution >= 4 is 0 Å². The van der Waals surface area contributed by atoms with Crippen LogP contribution in [0.4, 0.5) is 0 Å². The van der Waals surface area contributed by atoms with Crippen LogP contribution in [-0.2, 0) is 4.74 Å². The minimum Gasteiger partial charge on any atom is -0.379 e. The van der Waals surface area contributed by atoms with E-state index in [0.29, 0.717) is 0 Å². The second-order valence-electron chi connectivity index (χ2n) is 5.72. The van der Waals surface area contributed by atoms with Crippen molar-refractivity contribution in [2.24, 2.45) is 17.1 Å². The van der Waals surface area contributed by atoms with Crippen LogP contribution in [0.1, 0.15) is 46.5 Å². The Morgan fingerprint density at radius 3 is 2.21 bits per heavy atom. The first kappa shape index (κ1) is 12.0. The largest absolute Gasteiger partial charge is 0.379 e. The summed E-state index contributed by atoms with van der Waals surface area (Å²) < 4.78 is 5.52. The second kappa shape index (κ2) is 4.63. The van der Waals surface area contributed by atoms with Crippen molar-refractivity contribution in [3.05, 3.63) is 0 Å². The predicted octanol–water partition coefficient (Wildman–Crippen LogP) is 2.57. The van der Waals surface area contributed by atoms with E-state index in [1.807, 2.05) is 0 Å². The summed E-state index contributed by atoms with van der Waals surface area (Å²) in [6.07, 6.45) is 5.45. The molecule has 2 atom stereocenters. The third kappa shape index (κ3) is 2.96. The number of rotatable bonds is 4. The van der Waals surface area contributed by atoms with Crippen molar-refractivity contribution in [2.45, 2.75) is 58.6 Å². The van der Waals surface area contributed by atoms with E-state index in [4.69, 9.17) is 10.5 Å². The molecule has 14 heavy (non-hydrogen) atoms. The van der Waals surface area contributed by atoms with Gasteiger partial charge in [-0.2, -0.15) is 0 Å². The average Bonchev–Trinajstić information content (AvgIpc) is 1.95.